The Morgan fingerprint density at radius 2 is 1.51 bits per heavy atom. The summed E-state index contributed by atoms with van der Waals surface area (Å²) >= 11 is 0. The summed E-state index contributed by atoms with van der Waals surface area (Å²) in [6.07, 6.45) is 10.1. The zero-order valence-corrected chi connectivity index (χ0v) is 25.1. The molecule has 1 N–H and O–H groups in total. The highest BCUT2D eigenvalue weighted by Crippen LogP contribution is 2.43. The van der Waals surface area contributed by atoms with Crippen LogP contribution in [0.15, 0.2) is 91.1 Å². The van der Waals surface area contributed by atoms with E-state index in [0.29, 0.717) is 12.1 Å². The Kier molecular flexibility index (Phi) is 7.86. The third kappa shape index (κ3) is 5.04. The smallest absolute Gasteiger partial charge is 0.0544 e. The first-order chi connectivity index (χ1) is 20.1. The van der Waals surface area contributed by atoms with Crippen molar-refractivity contribution in [1.29, 1.82) is 0 Å². The first kappa shape index (κ1) is 27.5. The molecule has 1 saturated heterocycles. The van der Waals surface area contributed by atoms with E-state index in [0.717, 1.165) is 19.3 Å². The quantitative estimate of drug-likeness (QED) is 0.190. The van der Waals surface area contributed by atoms with Crippen LogP contribution in [-0.2, 0) is 5.41 Å². The summed E-state index contributed by atoms with van der Waals surface area (Å²) in [5.74, 6) is 0. The van der Waals surface area contributed by atoms with Crippen LogP contribution in [0.4, 0.5) is 5.69 Å². The molecule has 4 nitrogen and oxygen atoms in total. The van der Waals surface area contributed by atoms with Gasteiger partial charge in [-0.05, 0) is 81.1 Å². The first-order valence-electron chi connectivity index (χ1n) is 15.7. The minimum atomic E-state index is -0.102. The van der Waals surface area contributed by atoms with Crippen molar-refractivity contribution in [3.63, 3.8) is 0 Å². The van der Waals surface area contributed by atoms with E-state index in [2.05, 4.69) is 122 Å². The van der Waals surface area contributed by atoms with E-state index >= 15 is 0 Å². The Labute approximate surface area is 245 Å². The van der Waals surface area contributed by atoms with Crippen molar-refractivity contribution in [2.75, 3.05) is 5.01 Å². The van der Waals surface area contributed by atoms with Gasteiger partial charge in [-0.3, -0.25) is 4.98 Å². The SMILES string of the molecule is CCCCC(CCCC)(c1ccc2c3ccccc3n(-c3cccc(N4NC(C)CC4C)c3)c2c1)c1ccccn1. The second kappa shape index (κ2) is 11.7. The van der Waals surface area contributed by atoms with Crippen LogP contribution in [-0.4, -0.2) is 21.6 Å². The summed E-state index contributed by atoms with van der Waals surface area (Å²) in [6, 6.07) is 32.5. The number of nitrogens with one attached hydrogen (secondary N) is 1. The van der Waals surface area contributed by atoms with Crippen molar-refractivity contribution in [3.05, 3.63) is 102 Å². The highest BCUT2D eigenvalue weighted by atomic mass is 15.6. The number of anilines is 1. The van der Waals surface area contributed by atoms with E-state index in [-0.39, 0.29) is 5.41 Å². The zero-order valence-electron chi connectivity index (χ0n) is 25.1. The predicted octanol–water partition coefficient (Wildman–Crippen LogP) is 9.34. The van der Waals surface area contributed by atoms with E-state index in [1.54, 1.807) is 0 Å². The molecule has 0 bridgehead atoms. The first-order valence-corrected chi connectivity index (χ1v) is 15.7. The van der Waals surface area contributed by atoms with Crippen LogP contribution in [0.2, 0.25) is 0 Å². The van der Waals surface area contributed by atoms with Crippen LogP contribution in [0.3, 0.4) is 0 Å². The Bertz CT molecular complexity index is 1610. The van der Waals surface area contributed by atoms with Crippen molar-refractivity contribution >= 4 is 27.5 Å². The molecule has 41 heavy (non-hydrogen) atoms. The van der Waals surface area contributed by atoms with Crippen LogP contribution in [0.25, 0.3) is 27.5 Å². The van der Waals surface area contributed by atoms with Gasteiger partial charge in [-0.1, -0.05) is 82.0 Å². The number of benzene rings is 3. The van der Waals surface area contributed by atoms with Crippen molar-refractivity contribution in [2.45, 2.75) is 90.1 Å². The summed E-state index contributed by atoms with van der Waals surface area (Å²) in [6.45, 7) is 9.17. The average molecular weight is 545 g/mol. The van der Waals surface area contributed by atoms with Gasteiger partial charge in [0.1, 0.15) is 0 Å². The number of hydrogen-bond acceptors (Lipinski definition) is 3. The molecule has 0 radical (unpaired) electrons. The third-order valence-corrected chi connectivity index (χ3v) is 9.16. The predicted molar refractivity (Wildman–Crippen MR) is 174 cm³/mol. The average Bonchev–Trinajstić information content (AvgIpc) is 3.53. The minimum absolute atomic E-state index is 0.102. The van der Waals surface area contributed by atoms with Crippen LogP contribution < -0.4 is 10.4 Å². The molecule has 2 unspecified atom stereocenters. The van der Waals surface area contributed by atoms with Crippen molar-refractivity contribution in [1.82, 2.24) is 15.0 Å². The molecule has 2 atom stereocenters. The number of rotatable bonds is 10. The van der Waals surface area contributed by atoms with Gasteiger partial charge in [0.15, 0.2) is 0 Å². The molecule has 1 aliphatic heterocycles. The number of unbranched alkanes of at least 4 members (excludes halogenated alkanes) is 2. The Morgan fingerprint density at radius 3 is 2.22 bits per heavy atom. The molecule has 1 aliphatic rings. The molecular weight excluding hydrogens is 500 g/mol. The summed E-state index contributed by atoms with van der Waals surface area (Å²) in [5.41, 5.74) is 11.1. The molecule has 6 rings (SSSR count). The fourth-order valence-electron chi connectivity index (χ4n) is 7.11. The summed E-state index contributed by atoms with van der Waals surface area (Å²) in [7, 11) is 0. The fourth-order valence-corrected chi connectivity index (χ4v) is 7.11. The van der Waals surface area contributed by atoms with Gasteiger partial charge in [0.2, 0.25) is 0 Å². The van der Waals surface area contributed by atoms with E-state index in [1.165, 1.54) is 70.1 Å². The lowest BCUT2D eigenvalue weighted by atomic mass is 9.70. The van der Waals surface area contributed by atoms with Crippen LogP contribution in [0.5, 0.6) is 0 Å². The van der Waals surface area contributed by atoms with Gasteiger partial charge in [0.05, 0.1) is 22.4 Å². The molecule has 0 aliphatic carbocycles. The van der Waals surface area contributed by atoms with E-state index in [4.69, 9.17) is 4.98 Å². The number of hydrogen-bond donors (Lipinski definition) is 1. The second-order valence-corrected chi connectivity index (χ2v) is 12.1. The molecule has 0 amide bonds. The van der Waals surface area contributed by atoms with Crippen LogP contribution in [0.1, 0.15) is 83.9 Å². The van der Waals surface area contributed by atoms with Gasteiger partial charge < -0.3 is 9.58 Å². The van der Waals surface area contributed by atoms with Gasteiger partial charge >= 0.3 is 0 Å². The highest BCUT2D eigenvalue weighted by Gasteiger charge is 2.35. The van der Waals surface area contributed by atoms with Crippen LogP contribution >= 0.6 is 0 Å². The monoisotopic (exact) mass is 544 g/mol. The zero-order chi connectivity index (χ0) is 28.4. The number of para-hydroxylation sites is 1. The second-order valence-electron chi connectivity index (χ2n) is 12.1. The number of nitrogens with zero attached hydrogens (tertiary/aromatic N) is 3. The van der Waals surface area contributed by atoms with E-state index in [9.17, 15) is 0 Å². The van der Waals surface area contributed by atoms with Crippen molar-refractivity contribution < 1.29 is 0 Å². The van der Waals surface area contributed by atoms with Gasteiger partial charge in [0.25, 0.3) is 0 Å². The van der Waals surface area contributed by atoms with Gasteiger partial charge in [0, 0.05) is 40.2 Å². The molecule has 2 aromatic heterocycles. The van der Waals surface area contributed by atoms with Gasteiger partial charge in [-0.15, -0.1) is 0 Å². The molecule has 212 valence electrons. The fraction of sp³-hybridized carbons (Fsp3) is 0.378. The number of aromatic nitrogens is 2. The normalized spacial score (nSPS) is 17.6. The molecule has 1 fully saturated rings. The molecular formula is C37H44N4. The summed E-state index contributed by atoms with van der Waals surface area (Å²) in [4.78, 5) is 4.99. The molecule has 4 heteroatoms. The lowest BCUT2D eigenvalue weighted by Crippen LogP contribution is -2.37. The maximum atomic E-state index is 4.99. The van der Waals surface area contributed by atoms with Crippen molar-refractivity contribution in [3.8, 4) is 5.69 Å². The van der Waals surface area contributed by atoms with Crippen molar-refractivity contribution in [2.24, 2.45) is 0 Å². The Morgan fingerprint density at radius 1 is 0.780 bits per heavy atom. The number of hydrazine groups is 1. The van der Waals surface area contributed by atoms with E-state index < -0.39 is 0 Å². The number of fused-ring (bicyclic) bond motifs is 3. The van der Waals surface area contributed by atoms with Gasteiger partial charge in [-0.2, -0.15) is 0 Å². The third-order valence-electron chi connectivity index (χ3n) is 9.16. The Hall–Kier alpha value is -3.63. The maximum absolute atomic E-state index is 4.99. The Balaban J connectivity index is 1.57. The largest absolute Gasteiger partial charge is 0.309 e. The maximum Gasteiger partial charge on any atom is 0.0544 e. The standard InChI is InChI=1S/C37H44N4/c1-5-7-21-37(22-8-6-2,36-18-11-12-23-38-36)29-19-20-33-32-16-9-10-17-34(32)40(35(33)25-29)30-14-13-15-31(26-30)41-28(4)24-27(3)39-41/h9-20,23,25-28,39H,5-8,21-22,24H2,1-4H3. The van der Waals surface area contributed by atoms with Crippen LogP contribution in [0, 0.1) is 0 Å². The summed E-state index contributed by atoms with van der Waals surface area (Å²) < 4.78 is 2.48. The minimum Gasteiger partial charge on any atom is -0.309 e. The molecule has 3 aromatic carbocycles. The molecule has 5 aromatic rings. The molecule has 0 spiro atoms. The lowest BCUT2D eigenvalue weighted by Gasteiger charge is -2.35. The van der Waals surface area contributed by atoms with E-state index in [1.807, 2.05) is 12.3 Å². The highest BCUT2D eigenvalue weighted by molar-refractivity contribution is 6.09. The molecule has 3 heterocycles. The lowest BCUT2D eigenvalue weighted by molar-refractivity contribution is 0.396. The molecule has 0 saturated carbocycles. The number of pyridine rings is 1. The van der Waals surface area contributed by atoms with Gasteiger partial charge in [-0.25, -0.2) is 5.43 Å². The summed E-state index contributed by atoms with van der Waals surface area (Å²) in [5, 5.41) is 4.94. The topological polar surface area (TPSA) is 33.1 Å².